The van der Waals surface area contributed by atoms with Gasteiger partial charge in [-0.25, -0.2) is 4.98 Å². The van der Waals surface area contributed by atoms with Gasteiger partial charge in [-0.15, -0.1) is 0 Å². The number of nitrogens with zero attached hydrogens (tertiary/aromatic N) is 2. The summed E-state index contributed by atoms with van der Waals surface area (Å²) in [6.07, 6.45) is 5.20. The predicted molar refractivity (Wildman–Crippen MR) is 70.8 cm³/mol. The SMILES string of the molecule is CCNC(=O)[C@@H](C)NC(=O)c1cccn2ccnc12. The van der Waals surface area contributed by atoms with Crippen molar-refractivity contribution in [2.75, 3.05) is 6.54 Å². The molecular weight excluding hydrogens is 244 g/mol. The smallest absolute Gasteiger partial charge is 0.255 e. The van der Waals surface area contributed by atoms with Crippen molar-refractivity contribution >= 4 is 17.5 Å². The number of carbonyl (C=O) groups excluding carboxylic acids is 2. The van der Waals surface area contributed by atoms with Crippen LogP contribution in [0.3, 0.4) is 0 Å². The molecule has 0 radical (unpaired) electrons. The van der Waals surface area contributed by atoms with Gasteiger partial charge in [0.25, 0.3) is 5.91 Å². The summed E-state index contributed by atoms with van der Waals surface area (Å²) in [4.78, 5) is 27.8. The summed E-state index contributed by atoms with van der Waals surface area (Å²) in [5.41, 5.74) is 1.02. The molecule has 0 fully saturated rings. The van der Waals surface area contributed by atoms with E-state index in [9.17, 15) is 9.59 Å². The number of carbonyl (C=O) groups is 2. The summed E-state index contributed by atoms with van der Waals surface area (Å²) in [7, 11) is 0. The van der Waals surface area contributed by atoms with E-state index in [-0.39, 0.29) is 11.8 Å². The van der Waals surface area contributed by atoms with Crippen molar-refractivity contribution in [2.45, 2.75) is 19.9 Å². The first-order chi connectivity index (χ1) is 9.13. The number of amides is 2. The Morgan fingerprint density at radius 2 is 2.21 bits per heavy atom. The number of pyridine rings is 1. The fourth-order valence-electron chi connectivity index (χ4n) is 1.79. The Balaban J connectivity index is 2.16. The number of imidazole rings is 1. The van der Waals surface area contributed by atoms with Crippen LogP contribution >= 0.6 is 0 Å². The molecule has 19 heavy (non-hydrogen) atoms. The highest BCUT2D eigenvalue weighted by Crippen LogP contribution is 2.08. The molecule has 0 saturated heterocycles. The fraction of sp³-hybridized carbons (Fsp3) is 0.308. The van der Waals surface area contributed by atoms with Gasteiger partial charge in [-0.1, -0.05) is 0 Å². The van der Waals surface area contributed by atoms with E-state index in [0.29, 0.717) is 17.8 Å². The van der Waals surface area contributed by atoms with Crippen molar-refractivity contribution in [3.05, 3.63) is 36.3 Å². The molecule has 100 valence electrons. The van der Waals surface area contributed by atoms with Crippen LogP contribution in [-0.4, -0.2) is 33.8 Å². The third-order valence-corrected chi connectivity index (χ3v) is 2.76. The number of likely N-dealkylation sites (N-methyl/N-ethyl adjacent to an activating group) is 1. The molecule has 6 nitrogen and oxygen atoms in total. The van der Waals surface area contributed by atoms with Crippen LogP contribution in [0.5, 0.6) is 0 Å². The lowest BCUT2D eigenvalue weighted by Crippen LogP contribution is -2.44. The molecule has 2 heterocycles. The summed E-state index contributed by atoms with van der Waals surface area (Å²) in [6, 6.07) is 2.87. The molecule has 0 aliphatic heterocycles. The molecule has 6 heteroatoms. The summed E-state index contributed by atoms with van der Waals surface area (Å²) < 4.78 is 1.76. The summed E-state index contributed by atoms with van der Waals surface area (Å²) in [5.74, 6) is -0.512. The highest BCUT2D eigenvalue weighted by Gasteiger charge is 2.17. The van der Waals surface area contributed by atoms with Crippen LogP contribution in [0, 0.1) is 0 Å². The quantitative estimate of drug-likeness (QED) is 0.844. The van der Waals surface area contributed by atoms with E-state index in [4.69, 9.17) is 0 Å². The van der Waals surface area contributed by atoms with Gasteiger partial charge in [0.2, 0.25) is 5.91 Å². The lowest BCUT2D eigenvalue weighted by molar-refractivity contribution is -0.122. The molecule has 0 aliphatic carbocycles. The molecule has 2 N–H and O–H groups in total. The van der Waals surface area contributed by atoms with Gasteiger partial charge >= 0.3 is 0 Å². The van der Waals surface area contributed by atoms with Crippen molar-refractivity contribution < 1.29 is 9.59 Å². The Labute approximate surface area is 110 Å². The minimum absolute atomic E-state index is 0.203. The lowest BCUT2D eigenvalue weighted by atomic mass is 10.2. The number of aromatic nitrogens is 2. The van der Waals surface area contributed by atoms with Crippen LogP contribution in [0.1, 0.15) is 24.2 Å². The molecule has 0 unspecified atom stereocenters. The average Bonchev–Trinajstić information content (AvgIpc) is 2.86. The number of nitrogens with one attached hydrogen (secondary N) is 2. The first kappa shape index (κ1) is 13.1. The highest BCUT2D eigenvalue weighted by molar-refractivity contribution is 6.01. The number of hydrogen-bond acceptors (Lipinski definition) is 3. The Bertz CT molecular complexity index is 605. The van der Waals surface area contributed by atoms with E-state index in [1.807, 2.05) is 13.1 Å². The Kier molecular flexibility index (Phi) is 3.79. The molecule has 0 aromatic carbocycles. The normalized spacial score (nSPS) is 12.1. The molecule has 2 amide bonds. The highest BCUT2D eigenvalue weighted by atomic mass is 16.2. The van der Waals surface area contributed by atoms with Gasteiger partial charge in [-0.2, -0.15) is 0 Å². The standard InChI is InChI=1S/C13H16N4O2/c1-3-14-12(18)9(2)16-13(19)10-5-4-7-17-8-6-15-11(10)17/h4-9H,3H2,1-2H3,(H,14,18)(H,16,19)/t9-/m1/s1. The number of rotatable bonds is 4. The van der Waals surface area contributed by atoms with E-state index in [1.165, 1.54) is 0 Å². The van der Waals surface area contributed by atoms with Crippen LogP contribution in [0.25, 0.3) is 5.65 Å². The molecule has 2 aromatic heterocycles. The van der Waals surface area contributed by atoms with Crippen LogP contribution < -0.4 is 10.6 Å². The van der Waals surface area contributed by atoms with Gasteiger partial charge in [-0.3, -0.25) is 9.59 Å². The minimum Gasteiger partial charge on any atom is -0.355 e. The zero-order valence-electron chi connectivity index (χ0n) is 10.9. The third-order valence-electron chi connectivity index (χ3n) is 2.76. The Morgan fingerprint density at radius 3 is 2.95 bits per heavy atom. The maximum Gasteiger partial charge on any atom is 0.255 e. The summed E-state index contributed by atoms with van der Waals surface area (Å²) >= 11 is 0. The predicted octanol–water partition coefficient (Wildman–Crippen LogP) is 0.589. The molecule has 0 spiro atoms. The first-order valence-corrected chi connectivity index (χ1v) is 6.13. The first-order valence-electron chi connectivity index (χ1n) is 6.13. The van der Waals surface area contributed by atoms with E-state index < -0.39 is 6.04 Å². The van der Waals surface area contributed by atoms with Crippen LogP contribution in [0.15, 0.2) is 30.7 Å². The zero-order valence-corrected chi connectivity index (χ0v) is 10.9. The Morgan fingerprint density at radius 1 is 1.42 bits per heavy atom. The van der Waals surface area contributed by atoms with Gasteiger partial charge in [-0.05, 0) is 26.0 Å². The van der Waals surface area contributed by atoms with Crippen molar-refractivity contribution in [1.29, 1.82) is 0 Å². The van der Waals surface area contributed by atoms with E-state index >= 15 is 0 Å². The molecule has 1 atom stereocenters. The van der Waals surface area contributed by atoms with E-state index in [0.717, 1.165) is 0 Å². The maximum absolute atomic E-state index is 12.1. The molecule has 2 rings (SSSR count). The second-order valence-corrected chi connectivity index (χ2v) is 4.17. The second-order valence-electron chi connectivity index (χ2n) is 4.17. The van der Waals surface area contributed by atoms with E-state index in [2.05, 4.69) is 15.6 Å². The maximum atomic E-state index is 12.1. The Hall–Kier alpha value is -2.37. The van der Waals surface area contributed by atoms with Gasteiger partial charge < -0.3 is 15.0 Å². The van der Waals surface area contributed by atoms with Gasteiger partial charge in [0.1, 0.15) is 11.7 Å². The van der Waals surface area contributed by atoms with Crippen LogP contribution in [0.2, 0.25) is 0 Å². The summed E-state index contributed by atoms with van der Waals surface area (Å²) in [6.45, 7) is 4.02. The lowest BCUT2D eigenvalue weighted by Gasteiger charge is -2.13. The molecule has 2 aromatic rings. The number of hydrogen-bond donors (Lipinski definition) is 2. The molecule has 0 aliphatic rings. The van der Waals surface area contributed by atoms with Crippen molar-refractivity contribution in [2.24, 2.45) is 0 Å². The van der Waals surface area contributed by atoms with Crippen molar-refractivity contribution in [3.8, 4) is 0 Å². The van der Waals surface area contributed by atoms with Gasteiger partial charge in [0.05, 0.1) is 5.56 Å². The van der Waals surface area contributed by atoms with Crippen LogP contribution in [-0.2, 0) is 4.79 Å². The zero-order chi connectivity index (χ0) is 13.8. The molecular formula is C13H16N4O2. The monoisotopic (exact) mass is 260 g/mol. The van der Waals surface area contributed by atoms with Gasteiger partial charge in [0, 0.05) is 25.1 Å². The van der Waals surface area contributed by atoms with E-state index in [1.54, 1.807) is 35.9 Å². The third kappa shape index (κ3) is 2.73. The topological polar surface area (TPSA) is 75.5 Å². The molecule has 0 saturated carbocycles. The minimum atomic E-state index is -0.581. The largest absolute Gasteiger partial charge is 0.355 e. The second kappa shape index (κ2) is 5.51. The van der Waals surface area contributed by atoms with Gasteiger partial charge in [0.15, 0.2) is 0 Å². The fourth-order valence-corrected chi connectivity index (χ4v) is 1.79. The molecule has 0 bridgehead atoms. The average molecular weight is 260 g/mol. The van der Waals surface area contributed by atoms with Crippen LogP contribution in [0.4, 0.5) is 0 Å². The van der Waals surface area contributed by atoms with Crippen molar-refractivity contribution in [3.63, 3.8) is 0 Å². The van der Waals surface area contributed by atoms with Crippen molar-refractivity contribution in [1.82, 2.24) is 20.0 Å². The number of fused-ring (bicyclic) bond motifs is 1. The summed E-state index contributed by atoms with van der Waals surface area (Å²) in [5, 5.41) is 5.32.